The maximum Gasteiger partial charge on any atom is 0.338 e. The van der Waals surface area contributed by atoms with Gasteiger partial charge in [0, 0.05) is 0 Å². The molecule has 8 nitrogen and oxygen atoms in total. The molecule has 0 aliphatic carbocycles. The number of carboxylic acid groups (broad SMARTS) is 1. The molecule has 0 saturated carbocycles. The van der Waals surface area contributed by atoms with Crippen LogP contribution in [0.3, 0.4) is 0 Å². The number of thioether (sulfide) groups is 1. The number of methoxy groups -OCH3 is 1. The summed E-state index contributed by atoms with van der Waals surface area (Å²) in [4.78, 5) is 37.4. The van der Waals surface area contributed by atoms with Crippen LogP contribution in [0.1, 0.15) is 23.5 Å². The number of nitrogens with two attached hydrogens (primary N) is 1. The van der Waals surface area contributed by atoms with Gasteiger partial charge in [0.2, 0.25) is 5.91 Å². The second-order valence-corrected chi connectivity index (χ2v) is 7.53. The van der Waals surface area contributed by atoms with Gasteiger partial charge in [-0.3, -0.25) is 14.5 Å². The highest BCUT2D eigenvalue weighted by Gasteiger charge is 2.48. The maximum atomic E-state index is 12.7. The molecule has 3 rings (SSSR count). The number of fused-ring (bicyclic) bond motifs is 1. The molecule has 0 bridgehead atoms. The third kappa shape index (κ3) is 3.12. The predicted molar refractivity (Wildman–Crippen MR) is 100 cm³/mol. The molecule has 2 aliphatic heterocycles. The Morgan fingerprint density at radius 3 is 2.54 bits per heavy atom. The minimum Gasteiger partial charge on any atom is -0.481 e. The lowest BCUT2D eigenvalue weighted by Gasteiger charge is -2.31. The number of allylic oxidation sites excluding steroid dienone is 1. The van der Waals surface area contributed by atoms with E-state index in [1.165, 1.54) is 7.11 Å². The number of rotatable bonds is 4. The van der Waals surface area contributed by atoms with E-state index in [-0.39, 0.29) is 22.0 Å². The zero-order chi connectivity index (χ0) is 20.6. The molecule has 3 N–H and O–H groups in total. The first-order chi connectivity index (χ1) is 13.3. The lowest BCUT2D eigenvalue weighted by Crippen LogP contribution is -2.39. The lowest BCUT2D eigenvalue weighted by atomic mass is 9.82. The molecule has 0 spiro atoms. The monoisotopic (exact) mass is 399 g/mol. The summed E-state index contributed by atoms with van der Waals surface area (Å²) >= 11 is 0.977. The highest BCUT2D eigenvalue weighted by Crippen LogP contribution is 2.49. The SMILES string of the molecule is COC(=O)C1=C(N)N2C(=O)C(CC(=O)O)SC2=C(C#N)C1c1ccc(C)cc1. The Kier molecular flexibility index (Phi) is 5.16. The number of carbonyl (C=O) groups is 3. The number of aryl methyl sites for hydroxylation is 1. The van der Waals surface area contributed by atoms with Crippen molar-refractivity contribution in [2.24, 2.45) is 5.73 Å². The standard InChI is InChI=1S/C19H17N3O5S/c1-9-3-5-10(6-4-9)14-11(8-20)18-22(16(21)15(14)19(26)27-2)17(25)12(28-18)7-13(23)24/h3-6,12,14H,7,21H2,1-2H3,(H,23,24). The number of carbonyl (C=O) groups excluding carboxylic acids is 2. The van der Waals surface area contributed by atoms with E-state index in [4.69, 9.17) is 15.6 Å². The van der Waals surface area contributed by atoms with Gasteiger partial charge in [0.15, 0.2) is 0 Å². The van der Waals surface area contributed by atoms with Crippen LogP contribution in [-0.2, 0) is 19.1 Å². The molecule has 1 aromatic rings. The molecule has 144 valence electrons. The molecule has 1 aromatic carbocycles. The minimum atomic E-state index is -1.14. The number of hydrogen-bond donors (Lipinski definition) is 2. The van der Waals surface area contributed by atoms with Crippen molar-refractivity contribution in [2.75, 3.05) is 7.11 Å². The van der Waals surface area contributed by atoms with Crippen LogP contribution in [0.4, 0.5) is 0 Å². The molecule has 1 fully saturated rings. The number of esters is 1. The van der Waals surface area contributed by atoms with E-state index in [1.54, 1.807) is 12.1 Å². The summed E-state index contributed by atoms with van der Waals surface area (Å²) in [5.74, 6) is -3.42. The second-order valence-electron chi connectivity index (χ2n) is 6.34. The third-order valence-corrected chi connectivity index (χ3v) is 5.85. The van der Waals surface area contributed by atoms with E-state index in [0.717, 1.165) is 22.2 Å². The largest absolute Gasteiger partial charge is 0.481 e. The van der Waals surface area contributed by atoms with Gasteiger partial charge in [0.1, 0.15) is 11.1 Å². The number of aliphatic carboxylic acids is 1. The second kappa shape index (κ2) is 7.40. The number of nitriles is 1. The molecular weight excluding hydrogens is 382 g/mol. The number of ether oxygens (including phenoxy) is 1. The number of benzene rings is 1. The Labute approximate surface area is 165 Å². The van der Waals surface area contributed by atoms with E-state index in [2.05, 4.69) is 6.07 Å². The van der Waals surface area contributed by atoms with Gasteiger partial charge >= 0.3 is 11.9 Å². The average Bonchev–Trinajstić information content (AvgIpc) is 2.97. The average molecular weight is 399 g/mol. The van der Waals surface area contributed by atoms with Crippen LogP contribution < -0.4 is 5.73 Å². The molecule has 1 amide bonds. The molecule has 0 radical (unpaired) electrons. The van der Waals surface area contributed by atoms with E-state index in [9.17, 15) is 19.6 Å². The zero-order valence-corrected chi connectivity index (χ0v) is 15.9. The Morgan fingerprint density at radius 1 is 1.36 bits per heavy atom. The van der Waals surface area contributed by atoms with Crippen molar-refractivity contribution < 1.29 is 24.2 Å². The van der Waals surface area contributed by atoms with Crippen molar-refractivity contribution in [3.8, 4) is 6.07 Å². The van der Waals surface area contributed by atoms with Gasteiger partial charge in [-0.1, -0.05) is 41.6 Å². The van der Waals surface area contributed by atoms with Crippen molar-refractivity contribution in [1.29, 1.82) is 5.26 Å². The molecule has 1 saturated heterocycles. The molecule has 2 heterocycles. The van der Waals surface area contributed by atoms with Crippen LogP contribution in [0.25, 0.3) is 0 Å². The molecule has 2 atom stereocenters. The number of nitrogens with zero attached hydrogens (tertiary/aromatic N) is 2. The van der Waals surface area contributed by atoms with Crippen molar-refractivity contribution in [3.63, 3.8) is 0 Å². The Balaban J connectivity index is 2.22. The summed E-state index contributed by atoms with van der Waals surface area (Å²) in [5.41, 5.74) is 7.96. The molecule has 9 heteroatoms. The topological polar surface area (TPSA) is 134 Å². The quantitative estimate of drug-likeness (QED) is 0.729. The molecule has 0 aromatic heterocycles. The van der Waals surface area contributed by atoms with Gasteiger partial charge in [-0.05, 0) is 12.5 Å². The number of carboxylic acids is 1. The van der Waals surface area contributed by atoms with Crippen molar-refractivity contribution in [1.82, 2.24) is 4.90 Å². The van der Waals surface area contributed by atoms with Crippen molar-refractivity contribution in [3.05, 3.63) is 57.4 Å². The summed E-state index contributed by atoms with van der Waals surface area (Å²) < 4.78 is 4.86. The fourth-order valence-corrected chi connectivity index (χ4v) is 4.54. The Hall–Kier alpha value is -3.25. The third-order valence-electron chi connectivity index (χ3n) is 4.57. The lowest BCUT2D eigenvalue weighted by molar-refractivity contribution is -0.139. The fourth-order valence-electron chi connectivity index (χ4n) is 3.25. The Morgan fingerprint density at radius 2 is 2.00 bits per heavy atom. The normalized spacial score (nSPS) is 21.5. The van der Waals surface area contributed by atoms with Crippen LogP contribution in [-0.4, -0.2) is 40.2 Å². The summed E-state index contributed by atoms with van der Waals surface area (Å²) in [5, 5.41) is 18.2. The highest BCUT2D eigenvalue weighted by atomic mass is 32.2. The van der Waals surface area contributed by atoms with Gasteiger partial charge in [0.05, 0.1) is 41.7 Å². The van der Waals surface area contributed by atoms with Crippen LogP contribution >= 0.6 is 11.8 Å². The first-order valence-corrected chi connectivity index (χ1v) is 9.19. The van der Waals surface area contributed by atoms with E-state index in [1.807, 2.05) is 19.1 Å². The highest BCUT2D eigenvalue weighted by molar-refractivity contribution is 8.04. The van der Waals surface area contributed by atoms with Crippen LogP contribution in [0.2, 0.25) is 0 Å². The minimum absolute atomic E-state index is 0.0171. The van der Waals surface area contributed by atoms with Gasteiger partial charge in [-0.15, -0.1) is 0 Å². The van der Waals surface area contributed by atoms with Gasteiger partial charge in [0.25, 0.3) is 0 Å². The van der Waals surface area contributed by atoms with E-state index in [0.29, 0.717) is 5.56 Å². The predicted octanol–water partition coefficient (Wildman–Crippen LogP) is 1.59. The number of amides is 1. The number of hydrogen-bond acceptors (Lipinski definition) is 7. The van der Waals surface area contributed by atoms with Crippen LogP contribution in [0.15, 0.2) is 46.3 Å². The van der Waals surface area contributed by atoms with Crippen molar-refractivity contribution >= 4 is 29.6 Å². The van der Waals surface area contributed by atoms with Crippen LogP contribution in [0, 0.1) is 18.3 Å². The summed E-state index contributed by atoms with van der Waals surface area (Å²) in [6, 6.07) is 9.32. The molecule has 2 aliphatic rings. The van der Waals surface area contributed by atoms with Crippen molar-refractivity contribution in [2.45, 2.75) is 24.5 Å². The first-order valence-electron chi connectivity index (χ1n) is 8.31. The zero-order valence-electron chi connectivity index (χ0n) is 15.1. The van der Waals surface area contributed by atoms with Crippen LogP contribution in [0.5, 0.6) is 0 Å². The van der Waals surface area contributed by atoms with Gasteiger partial charge in [-0.2, -0.15) is 5.26 Å². The summed E-state index contributed by atoms with van der Waals surface area (Å²) in [6.07, 6.45) is -0.418. The van der Waals surface area contributed by atoms with E-state index >= 15 is 0 Å². The Bertz CT molecular complexity index is 974. The first kappa shape index (κ1) is 19.5. The molecular formula is C19H17N3O5S. The molecule has 2 unspecified atom stereocenters. The summed E-state index contributed by atoms with van der Waals surface area (Å²) in [6.45, 7) is 1.91. The van der Waals surface area contributed by atoms with E-state index < -0.39 is 35.4 Å². The molecule has 28 heavy (non-hydrogen) atoms. The smallest absolute Gasteiger partial charge is 0.338 e. The van der Waals surface area contributed by atoms with Gasteiger partial charge < -0.3 is 15.6 Å². The summed E-state index contributed by atoms with van der Waals surface area (Å²) in [7, 11) is 1.19. The maximum absolute atomic E-state index is 12.7. The fraction of sp³-hybridized carbons (Fsp3) is 0.263. The van der Waals surface area contributed by atoms with Gasteiger partial charge in [-0.25, -0.2) is 4.79 Å².